The van der Waals surface area contributed by atoms with Crippen molar-refractivity contribution in [2.24, 2.45) is 0 Å². The van der Waals surface area contributed by atoms with E-state index in [0.29, 0.717) is 10.6 Å². The molecule has 2 aromatic rings. The number of hydrogen-bond acceptors (Lipinski definition) is 0. The normalized spacial score (nSPS) is 9.41. The molecule has 0 aliphatic carbocycles. The zero-order valence-electron chi connectivity index (χ0n) is 8.84. The molecular weight excluding hydrogens is 282 g/mol. The van der Waals surface area contributed by atoms with Crippen LogP contribution in [0.1, 0.15) is 0 Å². The van der Waals surface area contributed by atoms with Gasteiger partial charge in [0.2, 0.25) is 0 Å². The summed E-state index contributed by atoms with van der Waals surface area (Å²) in [5, 5.41) is 0.762. The van der Waals surface area contributed by atoms with E-state index in [1.165, 1.54) is 6.07 Å². The number of rotatable bonds is 1. The van der Waals surface area contributed by atoms with E-state index in [2.05, 4.69) is 0 Å². The van der Waals surface area contributed by atoms with Gasteiger partial charge in [-0.1, -0.05) is 48.0 Å². The number of benzene rings is 2. The zero-order chi connectivity index (χ0) is 12.7. The largest absolute Gasteiger partial charge is 0.206 e. The minimum atomic E-state index is -0.249. The molecule has 2 rings (SSSR count). The maximum atomic E-state index is 13.4. The predicted molar refractivity (Wildman–Crippen MR) is 73.4 cm³/mol. The smallest absolute Gasteiger partial charge is 0.131 e. The van der Waals surface area contributed by atoms with E-state index >= 15 is 0 Å². The van der Waals surface area contributed by atoms with Crippen molar-refractivity contribution in [1.82, 2.24) is 0 Å². The van der Waals surface area contributed by atoms with Gasteiger partial charge in [0, 0.05) is 16.1 Å². The monoisotopic (exact) mass is 290 g/mol. The van der Waals surface area contributed by atoms with Gasteiger partial charge in [0.05, 0.1) is 5.34 Å². The van der Waals surface area contributed by atoms with Crippen molar-refractivity contribution in [3.63, 3.8) is 0 Å². The van der Waals surface area contributed by atoms with Crippen molar-refractivity contribution in [2.45, 2.75) is 0 Å². The van der Waals surface area contributed by atoms with Crippen LogP contribution in [-0.2, 0) is 0 Å². The van der Waals surface area contributed by atoms with Gasteiger partial charge in [-0.3, -0.25) is 0 Å². The first-order valence-corrected chi connectivity index (χ1v) is 6.26. The lowest BCUT2D eigenvalue weighted by Gasteiger charge is -2.04. The number of halogens is 4. The second kappa shape index (κ2) is 7.54. The average molecular weight is 292 g/mol. The molecule has 0 spiro atoms. The molecule has 0 N–H and O–H groups in total. The third-order valence-corrected chi connectivity index (χ3v) is 2.37. The fourth-order valence-electron chi connectivity index (χ4n) is 1.36. The molecule has 2 aromatic carbocycles. The summed E-state index contributed by atoms with van der Waals surface area (Å²) < 4.78 is 13.4. The second-order valence-electron chi connectivity index (χ2n) is 3.06. The Labute approximate surface area is 115 Å². The lowest BCUT2D eigenvalue weighted by Crippen LogP contribution is -1.83. The quantitative estimate of drug-likeness (QED) is 0.603. The van der Waals surface area contributed by atoms with Crippen molar-refractivity contribution >= 4 is 34.8 Å². The third-order valence-electron chi connectivity index (χ3n) is 2.04. The highest BCUT2D eigenvalue weighted by molar-refractivity contribution is 6.40. The highest BCUT2D eigenvalue weighted by Gasteiger charge is 2.06. The molecule has 0 saturated carbocycles. The van der Waals surface area contributed by atoms with Gasteiger partial charge in [-0.15, -0.1) is 23.2 Å². The highest BCUT2D eigenvalue weighted by Crippen LogP contribution is 2.28. The first-order chi connectivity index (χ1) is 8.20. The van der Waals surface area contributed by atoms with Gasteiger partial charge in [0.1, 0.15) is 5.82 Å². The van der Waals surface area contributed by atoms with Gasteiger partial charge in [-0.25, -0.2) is 4.39 Å². The molecule has 0 heterocycles. The molecule has 0 saturated heterocycles. The Morgan fingerprint density at radius 3 is 1.82 bits per heavy atom. The van der Waals surface area contributed by atoms with Crippen LogP contribution in [0, 0.1) is 5.82 Å². The van der Waals surface area contributed by atoms with Crippen molar-refractivity contribution in [2.75, 3.05) is 5.34 Å². The highest BCUT2D eigenvalue weighted by atomic mass is 35.5. The van der Waals surface area contributed by atoms with E-state index in [-0.39, 0.29) is 11.2 Å². The zero-order valence-corrected chi connectivity index (χ0v) is 11.1. The summed E-state index contributed by atoms with van der Waals surface area (Å²) in [4.78, 5) is 0. The Morgan fingerprint density at radius 1 is 0.824 bits per heavy atom. The summed E-state index contributed by atoms with van der Waals surface area (Å²) >= 11 is 15.5. The molecule has 0 aliphatic rings. The van der Waals surface area contributed by atoms with Crippen LogP contribution in [0.5, 0.6) is 0 Å². The second-order valence-corrected chi connectivity index (χ2v) is 4.28. The van der Waals surface area contributed by atoms with Crippen LogP contribution in [0.2, 0.25) is 5.02 Å². The topological polar surface area (TPSA) is 0 Å². The van der Waals surface area contributed by atoms with Crippen LogP contribution < -0.4 is 0 Å². The van der Waals surface area contributed by atoms with Crippen LogP contribution in [0.4, 0.5) is 4.39 Å². The molecule has 0 bridgehead atoms. The van der Waals surface area contributed by atoms with Gasteiger partial charge in [-0.2, -0.15) is 0 Å². The van der Waals surface area contributed by atoms with Crippen LogP contribution in [0.15, 0.2) is 48.5 Å². The van der Waals surface area contributed by atoms with Crippen LogP contribution in [0.25, 0.3) is 11.1 Å². The maximum absolute atomic E-state index is 13.4. The van der Waals surface area contributed by atoms with Gasteiger partial charge >= 0.3 is 0 Å². The first-order valence-electron chi connectivity index (χ1n) is 4.82. The average Bonchev–Trinajstić information content (AvgIpc) is 2.32. The standard InChI is InChI=1S/C12H8ClF.CH2Cl2/c13-11-7-3-1-5-9(11)10-6-2-4-8-12(10)14;2-1-3/h1-8H;1H2. The van der Waals surface area contributed by atoms with E-state index in [4.69, 9.17) is 34.8 Å². The first kappa shape index (κ1) is 14.3. The molecule has 0 radical (unpaired) electrons. The van der Waals surface area contributed by atoms with Crippen LogP contribution >= 0.6 is 34.8 Å². The summed E-state index contributed by atoms with van der Waals surface area (Å²) in [6.45, 7) is 0. The lowest BCUT2D eigenvalue weighted by atomic mass is 10.1. The number of hydrogen-bond donors (Lipinski definition) is 0. The Kier molecular flexibility index (Phi) is 6.35. The van der Waals surface area contributed by atoms with Gasteiger partial charge < -0.3 is 0 Å². The fraction of sp³-hybridized carbons (Fsp3) is 0.0769. The van der Waals surface area contributed by atoms with E-state index in [1.54, 1.807) is 30.3 Å². The maximum Gasteiger partial charge on any atom is 0.131 e. The summed E-state index contributed by atoms with van der Waals surface area (Å²) in [7, 11) is 0. The van der Waals surface area contributed by atoms with Gasteiger partial charge in [0.15, 0.2) is 0 Å². The van der Waals surface area contributed by atoms with Gasteiger partial charge in [-0.05, 0) is 12.1 Å². The van der Waals surface area contributed by atoms with Crippen LogP contribution in [0.3, 0.4) is 0 Å². The SMILES string of the molecule is ClCCl.Fc1ccccc1-c1ccccc1Cl. The molecule has 17 heavy (non-hydrogen) atoms. The van der Waals surface area contributed by atoms with E-state index in [1.807, 2.05) is 12.1 Å². The molecule has 0 atom stereocenters. The Balaban J connectivity index is 0.000000437. The molecule has 0 aliphatic heterocycles. The van der Waals surface area contributed by atoms with Crippen molar-refractivity contribution in [3.8, 4) is 11.1 Å². The van der Waals surface area contributed by atoms with E-state index in [0.717, 1.165) is 5.56 Å². The number of alkyl halides is 2. The molecule has 0 aromatic heterocycles. The van der Waals surface area contributed by atoms with E-state index < -0.39 is 0 Å². The minimum Gasteiger partial charge on any atom is -0.206 e. The molecule has 0 fully saturated rings. The molecule has 90 valence electrons. The summed E-state index contributed by atoms with van der Waals surface area (Å²) in [6, 6.07) is 13.8. The lowest BCUT2D eigenvalue weighted by molar-refractivity contribution is 0.631. The van der Waals surface area contributed by atoms with Crippen molar-refractivity contribution < 1.29 is 4.39 Å². The molecular formula is C13H10Cl3F. The molecule has 0 nitrogen and oxygen atoms in total. The summed E-state index contributed by atoms with van der Waals surface area (Å²) in [5.74, 6) is -0.249. The predicted octanol–water partition coefficient (Wildman–Crippen LogP) is 5.57. The Hall–Kier alpha value is -0.760. The van der Waals surface area contributed by atoms with Crippen molar-refractivity contribution in [1.29, 1.82) is 0 Å². The molecule has 4 heteroatoms. The molecule has 0 amide bonds. The fourth-order valence-corrected chi connectivity index (χ4v) is 1.60. The Bertz CT molecular complexity index is 428. The van der Waals surface area contributed by atoms with E-state index in [9.17, 15) is 4.39 Å². The summed E-state index contributed by atoms with van der Waals surface area (Å²) in [5.41, 5.74) is 1.27. The Morgan fingerprint density at radius 2 is 1.29 bits per heavy atom. The molecule has 0 unspecified atom stereocenters. The third kappa shape index (κ3) is 4.19. The van der Waals surface area contributed by atoms with Crippen molar-refractivity contribution in [3.05, 3.63) is 59.4 Å². The van der Waals surface area contributed by atoms with Gasteiger partial charge in [0.25, 0.3) is 0 Å². The van der Waals surface area contributed by atoms with Crippen LogP contribution in [-0.4, -0.2) is 5.34 Å². The minimum absolute atomic E-state index is 0.194. The summed E-state index contributed by atoms with van der Waals surface area (Å²) in [6.07, 6.45) is 0.